The Morgan fingerprint density at radius 1 is 0.204 bits per heavy atom. The highest BCUT2D eigenvalue weighted by atomic mass is 15.2. The molecular weight excluding hydrogens is 1650 g/mol. The summed E-state index contributed by atoms with van der Waals surface area (Å²) >= 11 is 0. The topological polar surface area (TPSA) is 16.3 Å². The van der Waals surface area contributed by atoms with Crippen LogP contribution in [-0.4, -0.2) is 15.8 Å². The van der Waals surface area contributed by atoms with E-state index in [1.807, 2.05) is 0 Å². The van der Waals surface area contributed by atoms with Crippen molar-refractivity contribution in [3.8, 4) is 55.9 Å². The maximum Gasteiger partial charge on any atom is 0.252 e. The third-order valence-corrected chi connectivity index (χ3v) is 27.3. The Morgan fingerprint density at radius 3 is 0.657 bits per heavy atom. The van der Waals surface area contributed by atoms with Crippen LogP contribution in [0.25, 0.3) is 99.5 Å². The molecule has 0 unspecified atom stereocenters. The lowest BCUT2D eigenvalue weighted by molar-refractivity contribution is 0.410. The van der Waals surface area contributed by atoms with Crippen LogP contribution in [0.3, 0.4) is 0 Å². The van der Waals surface area contributed by atoms with Gasteiger partial charge in [0.1, 0.15) is 0 Å². The van der Waals surface area contributed by atoms with Crippen LogP contribution < -0.4 is 26.2 Å². The maximum atomic E-state index is 2.87. The molecular formula is C132H159BN4. The van der Waals surface area contributed by atoms with Gasteiger partial charge in [0.25, 0.3) is 6.71 Å². The van der Waals surface area contributed by atoms with Crippen molar-refractivity contribution >= 4 is 101 Å². The fraction of sp³-hybridized carbons (Fsp3) is 0.409. The molecule has 2 aliphatic rings. The number of anilines is 6. The number of hydrogen-bond donors (Lipinski definition) is 0. The van der Waals surface area contributed by atoms with Crippen LogP contribution in [0, 0.1) is 54.1 Å². The molecule has 710 valence electrons. The van der Waals surface area contributed by atoms with Crippen molar-refractivity contribution < 1.29 is 0 Å². The van der Waals surface area contributed by atoms with Gasteiger partial charge in [0, 0.05) is 77.9 Å². The molecule has 0 atom stereocenters. The van der Waals surface area contributed by atoms with E-state index in [0.717, 1.165) is 75.6 Å². The van der Waals surface area contributed by atoms with Crippen LogP contribution in [0.4, 0.5) is 34.1 Å². The van der Waals surface area contributed by atoms with Gasteiger partial charge in [-0.2, -0.15) is 0 Å². The SMILES string of the molecule is CC(C)(C)Cc1cccc(-c2cc(CC(C)(C)C)cc(-c3cccc(CC(C)(C)C)c3)c2N2c3cc(-n4c5ccc(CC(C)(C)C)cc5c5cc(CC(C)(C)C)ccc54)ccc3B3c4ccc(-n5c6ccc(CC(C)(C)C)cc6c6cc(CC(C)(C)C)ccc65)cc4N(c4c(-c5cccc(CC(C)(C)C)c5)cc(CC(C)(C)C)cc4-c4cccc(CC(C)(C)C)c4)c4cc(C(C)(C)C)cc2c43)c1. The summed E-state index contributed by atoms with van der Waals surface area (Å²) in [7, 11) is 0. The Balaban J connectivity index is 1.09. The number of rotatable bonds is 18. The molecule has 4 heterocycles. The van der Waals surface area contributed by atoms with Crippen LogP contribution in [0.1, 0.15) is 290 Å². The second-order valence-corrected chi connectivity index (χ2v) is 55.1. The van der Waals surface area contributed by atoms with Crippen molar-refractivity contribution in [2.45, 2.75) is 298 Å². The van der Waals surface area contributed by atoms with Crippen molar-refractivity contribution in [1.82, 2.24) is 9.13 Å². The molecule has 4 nitrogen and oxygen atoms in total. The molecule has 0 N–H and O–H groups in total. The van der Waals surface area contributed by atoms with Gasteiger partial charge in [0.15, 0.2) is 0 Å². The van der Waals surface area contributed by atoms with Crippen molar-refractivity contribution in [2.75, 3.05) is 9.80 Å². The van der Waals surface area contributed by atoms with E-state index in [1.165, 1.54) is 200 Å². The quantitative estimate of drug-likeness (QED) is 0.0796. The fourth-order valence-electron chi connectivity index (χ4n) is 22.9. The third kappa shape index (κ3) is 21.8. The number of hydrogen-bond acceptors (Lipinski definition) is 2. The van der Waals surface area contributed by atoms with E-state index in [9.17, 15) is 0 Å². The van der Waals surface area contributed by atoms with Gasteiger partial charge in [-0.25, -0.2) is 0 Å². The van der Waals surface area contributed by atoms with E-state index >= 15 is 0 Å². The Morgan fingerprint density at radius 2 is 0.431 bits per heavy atom. The van der Waals surface area contributed by atoms with Crippen LogP contribution in [0.5, 0.6) is 0 Å². The molecule has 0 aliphatic carbocycles. The minimum Gasteiger partial charge on any atom is -0.310 e. The van der Waals surface area contributed by atoms with E-state index in [0.29, 0.717) is 0 Å². The summed E-state index contributed by atoms with van der Waals surface area (Å²) in [6.45, 7) is 79.0. The lowest BCUT2D eigenvalue weighted by Crippen LogP contribution is -2.61. The minimum absolute atomic E-state index is 0.0302. The van der Waals surface area contributed by atoms with E-state index in [4.69, 9.17) is 0 Å². The van der Waals surface area contributed by atoms with Crippen molar-refractivity contribution in [1.29, 1.82) is 0 Å². The summed E-state index contributed by atoms with van der Waals surface area (Å²) in [5.74, 6) is 0. The van der Waals surface area contributed by atoms with Crippen molar-refractivity contribution in [2.24, 2.45) is 54.1 Å². The molecule has 0 bridgehead atoms. The first kappa shape index (κ1) is 97.8. The summed E-state index contributed by atoms with van der Waals surface area (Å²) in [4.78, 5) is 5.74. The Bertz CT molecular complexity index is 6430. The fourth-order valence-corrected chi connectivity index (χ4v) is 22.9. The zero-order valence-electron chi connectivity index (χ0n) is 90.0. The summed E-state index contributed by atoms with van der Waals surface area (Å²) in [6.07, 6.45) is 9.37. The van der Waals surface area contributed by atoms with Gasteiger partial charge in [0.2, 0.25) is 0 Å². The molecule has 137 heavy (non-hydrogen) atoms. The highest BCUT2D eigenvalue weighted by Crippen LogP contribution is 2.57. The van der Waals surface area contributed by atoms with Gasteiger partial charge < -0.3 is 18.9 Å². The molecule has 2 aliphatic heterocycles. The van der Waals surface area contributed by atoms with Crippen molar-refractivity contribution in [3.05, 3.63) is 304 Å². The van der Waals surface area contributed by atoms with Gasteiger partial charge in [-0.05, 0) is 333 Å². The lowest BCUT2D eigenvalue weighted by Gasteiger charge is -2.46. The zero-order valence-corrected chi connectivity index (χ0v) is 90.0. The summed E-state index contributed by atoms with van der Waals surface area (Å²) in [5, 5.41) is 5.18. The minimum atomic E-state index is -0.389. The predicted octanol–water partition coefficient (Wildman–Crippen LogP) is 35.8. The molecule has 0 saturated carbocycles. The van der Waals surface area contributed by atoms with E-state index in [1.54, 1.807) is 0 Å². The first-order valence-corrected chi connectivity index (χ1v) is 51.5. The predicted molar refractivity (Wildman–Crippen MR) is 601 cm³/mol. The van der Waals surface area contributed by atoms with Gasteiger partial charge >= 0.3 is 0 Å². The molecule has 0 amide bonds. The highest BCUT2D eigenvalue weighted by Gasteiger charge is 2.47. The Kier molecular flexibility index (Phi) is 25.1. The summed E-state index contributed by atoms with van der Waals surface area (Å²) < 4.78 is 5.29. The Labute approximate surface area is 826 Å². The molecule has 0 saturated heterocycles. The molecule has 0 spiro atoms. The lowest BCUT2D eigenvalue weighted by atomic mass is 9.33. The van der Waals surface area contributed by atoms with Gasteiger partial charge in [-0.15, -0.1) is 0 Å². The normalized spacial score (nSPS) is 13.8. The zero-order chi connectivity index (χ0) is 98.7. The molecule has 5 heteroatoms. The molecule has 15 aromatic rings. The highest BCUT2D eigenvalue weighted by molar-refractivity contribution is 7.00. The average molecular weight is 1810 g/mol. The third-order valence-electron chi connectivity index (χ3n) is 27.3. The van der Waals surface area contributed by atoms with Crippen LogP contribution >= 0.6 is 0 Å². The monoisotopic (exact) mass is 1810 g/mol. The van der Waals surface area contributed by atoms with Gasteiger partial charge in [-0.3, -0.25) is 0 Å². The average Bonchev–Trinajstić information content (AvgIpc) is 0.929. The smallest absolute Gasteiger partial charge is 0.252 e. The van der Waals surface area contributed by atoms with Gasteiger partial charge in [0.05, 0.1) is 33.4 Å². The molecule has 13 aromatic carbocycles. The van der Waals surface area contributed by atoms with Crippen LogP contribution in [-0.2, 0) is 69.6 Å². The second kappa shape index (κ2) is 35.2. The number of benzene rings is 13. The Hall–Kier alpha value is -10.9. The molecule has 2 aromatic heterocycles. The number of aromatic nitrogens is 2. The van der Waals surface area contributed by atoms with E-state index in [-0.39, 0.29) is 66.3 Å². The molecule has 0 fully saturated rings. The second-order valence-electron chi connectivity index (χ2n) is 55.1. The van der Waals surface area contributed by atoms with Gasteiger partial charge in [-0.1, -0.05) is 362 Å². The number of nitrogens with zero attached hydrogens (tertiary/aromatic N) is 4. The summed E-state index contributed by atoms with van der Waals surface area (Å²) in [6, 6.07) is 100. The van der Waals surface area contributed by atoms with Crippen molar-refractivity contribution in [3.63, 3.8) is 0 Å². The van der Waals surface area contributed by atoms with Crippen LogP contribution in [0.2, 0.25) is 0 Å². The standard InChI is InChI=1S/C132H159BN4/c1-122(2,3)74-84-38-34-42-94(58-84)101-66-92(82-130(25,26)27)67-102(95-43-35-39-85(59-95)75-123(4,5)6)120(101)136-115-72-99(134-111-54-46-88(78-126(13,14)15)62-105(111)106-63-89(47-55-112(106)134)79-127(16,17)18)50-52-109(115)133-110-53-51-100(135-113-56-48-90(80-128(19,20)21)64-107(113)108-65-91(49-57-114(108)135)81-129(22,23)24)73-116(110)137(118-71-98(132(31,32)33)70-117(136)119(118)133)121-103(96-44-36-40-86(60-96)76-124(7,8)9)68-93(83-131(28,29)30)69-104(121)97-45-37-41-87(61-97)77-125(10,11)12/h34-73H,74-83H2,1-33H3. The summed E-state index contributed by atoms with van der Waals surface area (Å²) in [5.41, 5.74) is 42.5. The van der Waals surface area contributed by atoms with E-state index < -0.39 is 0 Å². The molecule has 0 radical (unpaired) electrons. The first-order chi connectivity index (χ1) is 63.6. The van der Waals surface area contributed by atoms with Crippen LogP contribution in [0.15, 0.2) is 243 Å². The molecule has 17 rings (SSSR count). The van der Waals surface area contributed by atoms with E-state index in [2.05, 4.69) is 490 Å². The largest absolute Gasteiger partial charge is 0.310 e. The first-order valence-electron chi connectivity index (χ1n) is 51.5. The maximum absolute atomic E-state index is 2.87. The number of fused-ring (bicyclic) bond motifs is 10.